The van der Waals surface area contributed by atoms with Crippen molar-refractivity contribution in [3.8, 4) is 0 Å². The molecule has 0 aromatic carbocycles. The Balaban J connectivity index is 2.48. The molecule has 1 aliphatic rings. The highest BCUT2D eigenvalue weighted by atomic mass is 32.2. The molecule has 4 N–H and O–H groups in total. The van der Waals surface area contributed by atoms with Gasteiger partial charge in [0.2, 0.25) is 0 Å². The highest BCUT2D eigenvalue weighted by molar-refractivity contribution is 7.85. The Morgan fingerprint density at radius 1 is 0.611 bits per heavy atom. The van der Waals surface area contributed by atoms with Crippen molar-refractivity contribution in [2.75, 3.05) is 19.0 Å². The van der Waals surface area contributed by atoms with Gasteiger partial charge in [-0.15, -0.1) is 0 Å². The average molecular weight is 793 g/mol. The number of carbonyl (C=O) groups is 2. The van der Waals surface area contributed by atoms with Gasteiger partial charge in [-0.25, -0.2) is 0 Å². The SMILES string of the molecule is CCCCC/C=C/CCCCCCCC(=O)OC[C@H](CO[C@H]1O[C@H](CS(=O)(=O)O)[C@@H](O)C(O)C1O)OC(=O)CCCCCCCCCCCCCCCC. The number of allylic oxidation sites excluding steroid dienone is 2. The minimum Gasteiger partial charge on any atom is -0.462 e. The quantitative estimate of drug-likeness (QED) is 0.0211. The number of aliphatic hydroxyl groups is 3. The topological polar surface area (TPSA) is 186 Å². The fourth-order valence-corrected chi connectivity index (χ4v) is 7.19. The van der Waals surface area contributed by atoms with E-state index in [1.165, 1.54) is 83.5 Å². The van der Waals surface area contributed by atoms with Crippen LogP contribution in [0.4, 0.5) is 0 Å². The first-order valence-corrected chi connectivity index (χ1v) is 22.9. The van der Waals surface area contributed by atoms with Crippen molar-refractivity contribution in [2.24, 2.45) is 0 Å². The first-order valence-electron chi connectivity index (χ1n) is 21.2. The third kappa shape index (κ3) is 27.1. The van der Waals surface area contributed by atoms with E-state index in [1.54, 1.807) is 0 Å². The Labute approximate surface area is 326 Å². The van der Waals surface area contributed by atoms with E-state index in [1.807, 2.05) is 0 Å². The summed E-state index contributed by atoms with van der Waals surface area (Å²) in [6.45, 7) is 3.72. The molecule has 1 rings (SSSR count). The van der Waals surface area contributed by atoms with Gasteiger partial charge in [0.15, 0.2) is 12.4 Å². The number of carbonyl (C=O) groups excluding carboxylic acids is 2. The lowest BCUT2D eigenvalue weighted by atomic mass is 10.00. The molecular weight excluding hydrogens is 717 g/mol. The van der Waals surface area contributed by atoms with Crippen LogP contribution in [0.1, 0.15) is 181 Å². The standard InChI is InChI=1S/C41H76O12S/c1-3-5-7-9-11-13-15-17-18-20-22-24-26-28-30-37(43)52-34(32-51-41-40(46)39(45)38(44)35(53-41)33-54(47,48)49)31-50-36(42)29-27-25-23-21-19-16-14-12-10-8-6-4-2/h12,14,34-35,38-41,44-46H,3-11,13,15-33H2,1-2H3,(H,47,48,49)/b14-12+/t34-,35-,38-,39?,40?,41+/m1/s1. The Bertz CT molecular complexity index is 1070. The second-order valence-electron chi connectivity index (χ2n) is 15.0. The van der Waals surface area contributed by atoms with Crippen molar-refractivity contribution in [1.82, 2.24) is 0 Å². The number of aliphatic hydroxyl groups excluding tert-OH is 3. The van der Waals surface area contributed by atoms with Gasteiger partial charge < -0.3 is 34.3 Å². The summed E-state index contributed by atoms with van der Waals surface area (Å²) >= 11 is 0. The van der Waals surface area contributed by atoms with Gasteiger partial charge in [0.25, 0.3) is 10.1 Å². The number of hydrogen-bond donors (Lipinski definition) is 4. The summed E-state index contributed by atoms with van der Waals surface area (Å²) in [6, 6.07) is 0. The van der Waals surface area contributed by atoms with Gasteiger partial charge in [-0.2, -0.15) is 8.42 Å². The summed E-state index contributed by atoms with van der Waals surface area (Å²) < 4.78 is 53.9. The molecule has 1 aliphatic heterocycles. The highest BCUT2D eigenvalue weighted by Crippen LogP contribution is 2.24. The molecule has 2 unspecified atom stereocenters. The zero-order chi connectivity index (χ0) is 39.9. The van der Waals surface area contributed by atoms with Crippen LogP contribution in [0.3, 0.4) is 0 Å². The molecule has 0 bridgehead atoms. The van der Waals surface area contributed by atoms with E-state index >= 15 is 0 Å². The molecule has 12 nitrogen and oxygen atoms in total. The largest absolute Gasteiger partial charge is 0.462 e. The summed E-state index contributed by atoms with van der Waals surface area (Å²) in [7, 11) is -4.60. The lowest BCUT2D eigenvalue weighted by molar-refractivity contribution is -0.297. The first-order chi connectivity index (χ1) is 26.0. The number of unbranched alkanes of at least 4 members (excludes halogenated alkanes) is 21. The van der Waals surface area contributed by atoms with Crippen LogP contribution in [0, 0.1) is 0 Å². The summed E-state index contributed by atoms with van der Waals surface area (Å²) in [5.74, 6) is -1.98. The monoisotopic (exact) mass is 793 g/mol. The van der Waals surface area contributed by atoms with Gasteiger partial charge in [-0.3, -0.25) is 14.1 Å². The van der Waals surface area contributed by atoms with Crippen molar-refractivity contribution in [1.29, 1.82) is 0 Å². The Morgan fingerprint density at radius 2 is 1.06 bits per heavy atom. The van der Waals surface area contributed by atoms with Gasteiger partial charge in [0, 0.05) is 12.8 Å². The predicted octanol–water partition coefficient (Wildman–Crippen LogP) is 7.89. The van der Waals surface area contributed by atoms with Gasteiger partial charge in [0.05, 0.1) is 6.61 Å². The second kappa shape index (κ2) is 32.5. The third-order valence-corrected chi connectivity index (χ3v) is 10.6. The Morgan fingerprint density at radius 3 is 1.57 bits per heavy atom. The smallest absolute Gasteiger partial charge is 0.306 e. The highest BCUT2D eigenvalue weighted by Gasteiger charge is 2.46. The predicted molar refractivity (Wildman–Crippen MR) is 210 cm³/mol. The summed E-state index contributed by atoms with van der Waals surface area (Å²) in [6.07, 6.45) is 22.6. The lowest BCUT2D eigenvalue weighted by Gasteiger charge is -2.40. The van der Waals surface area contributed by atoms with Crippen molar-refractivity contribution in [3.63, 3.8) is 0 Å². The fourth-order valence-electron chi connectivity index (χ4n) is 6.49. The molecule has 0 aromatic heterocycles. The van der Waals surface area contributed by atoms with Crippen LogP contribution in [-0.4, -0.2) is 96.0 Å². The van der Waals surface area contributed by atoms with Crippen LogP contribution in [0.15, 0.2) is 12.2 Å². The molecule has 1 saturated heterocycles. The molecule has 0 saturated carbocycles. The summed E-state index contributed by atoms with van der Waals surface area (Å²) in [4.78, 5) is 25.3. The van der Waals surface area contributed by atoms with Crippen molar-refractivity contribution in [3.05, 3.63) is 12.2 Å². The van der Waals surface area contributed by atoms with E-state index in [4.69, 9.17) is 18.9 Å². The van der Waals surface area contributed by atoms with E-state index in [9.17, 15) is 37.9 Å². The van der Waals surface area contributed by atoms with Gasteiger partial charge in [-0.1, -0.05) is 142 Å². The Hall–Kier alpha value is -1.61. The van der Waals surface area contributed by atoms with Crippen LogP contribution in [0.5, 0.6) is 0 Å². The van der Waals surface area contributed by atoms with E-state index in [-0.39, 0.29) is 19.4 Å². The maximum absolute atomic E-state index is 12.8. The third-order valence-electron chi connectivity index (χ3n) is 9.85. The second-order valence-corrected chi connectivity index (χ2v) is 16.5. The van der Waals surface area contributed by atoms with E-state index in [0.29, 0.717) is 12.8 Å². The lowest BCUT2D eigenvalue weighted by Crippen LogP contribution is -2.60. The molecule has 13 heteroatoms. The molecule has 0 amide bonds. The average Bonchev–Trinajstić information content (AvgIpc) is 3.13. The molecule has 1 heterocycles. The van der Waals surface area contributed by atoms with Crippen molar-refractivity contribution >= 4 is 22.1 Å². The molecule has 318 valence electrons. The normalized spacial score (nSPS) is 21.0. The van der Waals surface area contributed by atoms with Crippen LogP contribution in [-0.2, 0) is 38.7 Å². The number of hydrogen-bond acceptors (Lipinski definition) is 11. The zero-order valence-corrected chi connectivity index (χ0v) is 34.4. The van der Waals surface area contributed by atoms with Crippen LogP contribution in [0.2, 0.25) is 0 Å². The molecule has 54 heavy (non-hydrogen) atoms. The molecule has 0 aliphatic carbocycles. The van der Waals surface area contributed by atoms with Gasteiger partial charge in [0.1, 0.15) is 36.8 Å². The number of ether oxygens (including phenoxy) is 4. The van der Waals surface area contributed by atoms with Crippen molar-refractivity contribution < 1.29 is 56.8 Å². The van der Waals surface area contributed by atoms with Crippen LogP contribution >= 0.6 is 0 Å². The molecule has 1 fully saturated rings. The number of esters is 2. The zero-order valence-electron chi connectivity index (χ0n) is 33.6. The fraction of sp³-hybridized carbons (Fsp3) is 0.902. The molecule has 6 atom stereocenters. The van der Waals surface area contributed by atoms with E-state index in [0.717, 1.165) is 57.8 Å². The molecule has 0 aromatic rings. The molecule has 0 radical (unpaired) electrons. The summed E-state index contributed by atoms with van der Waals surface area (Å²) in [5.41, 5.74) is 0. The maximum atomic E-state index is 12.8. The minimum absolute atomic E-state index is 0.168. The van der Waals surface area contributed by atoms with E-state index in [2.05, 4.69) is 26.0 Å². The molecule has 0 spiro atoms. The van der Waals surface area contributed by atoms with Gasteiger partial charge in [-0.05, 0) is 38.5 Å². The molecular formula is C41H76O12S. The van der Waals surface area contributed by atoms with Crippen molar-refractivity contribution in [2.45, 2.75) is 218 Å². The summed E-state index contributed by atoms with van der Waals surface area (Å²) in [5, 5.41) is 30.8. The van der Waals surface area contributed by atoms with E-state index < -0.39 is 71.2 Å². The first kappa shape index (κ1) is 50.4. The van der Waals surface area contributed by atoms with Crippen LogP contribution in [0.25, 0.3) is 0 Å². The Kier molecular flexibility index (Phi) is 30.3. The maximum Gasteiger partial charge on any atom is 0.306 e. The van der Waals surface area contributed by atoms with Gasteiger partial charge >= 0.3 is 11.9 Å². The minimum atomic E-state index is -4.60. The van der Waals surface area contributed by atoms with Crippen LogP contribution < -0.4 is 0 Å². The number of rotatable bonds is 35.